The Labute approximate surface area is 142 Å². The quantitative estimate of drug-likeness (QED) is 0.659. The maximum absolute atomic E-state index is 11.6. The van der Waals surface area contributed by atoms with Crippen molar-refractivity contribution in [3.05, 3.63) is 18.2 Å². The van der Waals surface area contributed by atoms with Crippen molar-refractivity contribution in [2.24, 2.45) is 0 Å². The fraction of sp³-hybridized carbons (Fsp3) is 0.385. The molecule has 3 rings (SSSR count). The van der Waals surface area contributed by atoms with E-state index in [1.54, 1.807) is 23.0 Å². The number of fused-ring (bicyclic) bond motifs is 1. The van der Waals surface area contributed by atoms with Crippen LogP contribution in [0.1, 0.15) is 19.8 Å². The Kier molecular flexibility index (Phi) is 4.64. The van der Waals surface area contributed by atoms with Gasteiger partial charge in [-0.05, 0) is 41.6 Å². The van der Waals surface area contributed by atoms with Crippen LogP contribution < -0.4 is 0 Å². The van der Waals surface area contributed by atoms with Gasteiger partial charge >= 0.3 is 0 Å². The molecule has 0 saturated heterocycles. The Morgan fingerprint density at radius 2 is 2.17 bits per heavy atom. The number of nitrogens with zero attached hydrogens (tertiary/aromatic N) is 5. The lowest BCUT2D eigenvalue weighted by molar-refractivity contribution is 0.493. The number of hydrogen-bond acceptors (Lipinski definition) is 8. The van der Waals surface area contributed by atoms with Gasteiger partial charge < -0.3 is 0 Å². The van der Waals surface area contributed by atoms with Gasteiger partial charge in [-0.1, -0.05) is 13.3 Å². The first-order valence-corrected chi connectivity index (χ1v) is 10.5. The summed E-state index contributed by atoms with van der Waals surface area (Å²) in [5, 5.41) is 12.9. The van der Waals surface area contributed by atoms with E-state index >= 15 is 0 Å². The summed E-state index contributed by atoms with van der Waals surface area (Å²) >= 11 is 2.75. The van der Waals surface area contributed by atoms with Crippen molar-refractivity contribution in [1.29, 1.82) is 0 Å². The molecular weight excluding hydrogens is 354 g/mol. The number of aromatic nitrogens is 5. The van der Waals surface area contributed by atoms with Crippen molar-refractivity contribution in [3.63, 3.8) is 0 Å². The lowest BCUT2D eigenvalue weighted by Crippen LogP contribution is -2.01. The van der Waals surface area contributed by atoms with E-state index in [2.05, 4.69) is 27.3 Å². The standard InChI is InChI=1S/C13H15N5O2S3/c1-3-4-7-18-16-12(15-17-18)22-13-14-10-6-5-9(23(2,19)20)8-11(10)21-13/h5-6,8H,3-4,7H2,1-2H3. The zero-order chi connectivity index (χ0) is 16.4. The predicted molar refractivity (Wildman–Crippen MR) is 89.6 cm³/mol. The Balaban J connectivity index is 1.82. The van der Waals surface area contributed by atoms with Crippen molar-refractivity contribution in [2.45, 2.75) is 40.7 Å². The van der Waals surface area contributed by atoms with Crippen LogP contribution in [0.25, 0.3) is 10.2 Å². The summed E-state index contributed by atoms with van der Waals surface area (Å²) in [5.41, 5.74) is 0.767. The second-order valence-corrected chi connectivity index (χ2v) is 9.27. The molecule has 7 nitrogen and oxygen atoms in total. The smallest absolute Gasteiger partial charge is 0.229 e. The number of thiazole rings is 1. The average Bonchev–Trinajstić information content (AvgIpc) is 3.09. The van der Waals surface area contributed by atoms with E-state index in [1.165, 1.54) is 29.4 Å². The molecule has 10 heteroatoms. The molecule has 0 unspecified atom stereocenters. The molecule has 0 bridgehead atoms. The molecule has 0 fully saturated rings. The normalized spacial score (nSPS) is 12.1. The molecule has 0 atom stereocenters. The van der Waals surface area contributed by atoms with E-state index in [4.69, 9.17) is 0 Å². The van der Waals surface area contributed by atoms with Crippen molar-refractivity contribution in [2.75, 3.05) is 6.26 Å². The summed E-state index contributed by atoms with van der Waals surface area (Å²) < 4.78 is 24.8. The predicted octanol–water partition coefficient (Wildman–Crippen LogP) is 2.64. The first-order valence-electron chi connectivity index (χ1n) is 7.02. The van der Waals surface area contributed by atoms with Crippen LogP contribution in [0.15, 0.2) is 32.6 Å². The summed E-state index contributed by atoms with van der Waals surface area (Å²) in [6.45, 7) is 2.86. The van der Waals surface area contributed by atoms with E-state index in [-0.39, 0.29) is 0 Å². The van der Waals surface area contributed by atoms with Gasteiger partial charge in [0.05, 0.1) is 21.7 Å². The second-order valence-electron chi connectivity index (χ2n) is 5.00. The molecule has 0 N–H and O–H groups in total. The number of hydrogen-bond donors (Lipinski definition) is 0. The molecule has 1 aromatic carbocycles. The second kappa shape index (κ2) is 6.54. The lowest BCUT2D eigenvalue weighted by atomic mass is 10.3. The van der Waals surface area contributed by atoms with E-state index in [9.17, 15) is 8.42 Å². The molecule has 2 heterocycles. The summed E-state index contributed by atoms with van der Waals surface area (Å²) in [5.74, 6) is 0. The zero-order valence-corrected chi connectivity index (χ0v) is 15.1. The highest BCUT2D eigenvalue weighted by atomic mass is 32.2. The van der Waals surface area contributed by atoms with Crippen molar-refractivity contribution < 1.29 is 8.42 Å². The third-order valence-electron chi connectivity index (χ3n) is 3.09. The molecule has 23 heavy (non-hydrogen) atoms. The lowest BCUT2D eigenvalue weighted by Gasteiger charge is -1.96. The molecular formula is C13H15N5O2S3. The summed E-state index contributed by atoms with van der Waals surface area (Å²) in [6.07, 6.45) is 3.28. The highest BCUT2D eigenvalue weighted by molar-refractivity contribution is 8.01. The van der Waals surface area contributed by atoms with Crippen LogP contribution in [0.5, 0.6) is 0 Å². The van der Waals surface area contributed by atoms with Crippen LogP contribution in [-0.4, -0.2) is 39.9 Å². The average molecular weight is 369 g/mol. The topological polar surface area (TPSA) is 90.6 Å². The highest BCUT2D eigenvalue weighted by Crippen LogP contribution is 2.33. The summed E-state index contributed by atoms with van der Waals surface area (Å²) in [7, 11) is -3.22. The molecule has 2 aromatic heterocycles. The SMILES string of the molecule is CCCCn1nnc(Sc2nc3ccc(S(C)(=O)=O)cc3s2)n1. The van der Waals surface area contributed by atoms with Crippen LogP contribution in [0.4, 0.5) is 0 Å². The van der Waals surface area contributed by atoms with Gasteiger partial charge in [0, 0.05) is 6.26 Å². The van der Waals surface area contributed by atoms with Gasteiger partial charge in [0.15, 0.2) is 14.2 Å². The number of sulfone groups is 1. The van der Waals surface area contributed by atoms with Gasteiger partial charge in [-0.3, -0.25) is 0 Å². The van der Waals surface area contributed by atoms with Gasteiger partial charge in [0.1, 0.15) is 0 Å². The van der Waals surface area contributed by atoms with Crippen LogP contribution in [-0.2, 0) is 16.4 Å². The maximum Gasteiger partial charge on any atom is 0.238 e. The minimum atomic E-state index is -3.22. The molecule has 0 aliphatic carbocycles. The number of aryl methyl sites for hydroxylation is 1. The molecule has 0 saturated carbocycles. The van der Waals surface area contributed by atoms with Crippen molar-refractivity contribution >= 4 is 43.2 Å². The first kappa shape index (κ1) is 16.3. The van der Waals surface area contributed by atoms with Gasteiger partial charge in [-0.2, -0.15) is 4.80 Å². The van der Waals surface area contributed by atoms with E-state index in [1.807, 2.05) is 0 Å². The molecule has 0 spiro atoms. The molecule has 0 amide bonds. The third kappa shape index (κ3) is 3.88. The number of rotatable bonds is 6. The fourth-order valence-electron chi connectivity index (χ4n) is 1.90. The Hall–Kier alpha value is -1.52. The number of unbranched alkanes of at least 4 members (excludes halogenated alkanes) is 1. The highest BCUT2D eigenvalue weighted by Gasteiger charge is 2.13. The van der Waals surface area contributed by atoms with E-state index in [0.717, 1.165) is 33.9 Å². The van der Waals surface area contributed by atoms with Crippen LogP contribution in [0.3, 0.4) is 0 Å². The molecule has 0 radical (unpaired) electrons. The van der Waals surface area contributed by atoms with E-state index in [0.29, 0.717) is 10.1 Å². The third-order valence-corrected chi connectivity index (χ3v) is 6.13. The Bertz CT molecular complexity index is 932. The first-order chi connectivity index (χ1) is 11.0. The fourth-order valence-corrected chi connectivity index (χ4v) is 4.53. The monoisotopic (exact) mass is 369 g/mol. The zero-order valence-electron chi connectivity index (χ0n) is 12.6. The van der Waals surface area contributed by atoms with Crippen LogP contribution in [0, 0.1) is 0 Å². The largest absolute Gasteiger partial charge is 0.238 e. The number of benzene rings is 1. The molecule has 0 aliphatic heterocycles. The minimum Gasteiger partial charge on any atom is -0.229 e. The maximum atomic E-state index is 11.6. The molecule has 122 valence electrons. The van der Waals surface area contributed by atoms with Gasteiger partial charge in [0.25, 0.3) is 0 Å². The van der Waals surface area contributed by atoms with Gasteiger partial charge in [0.2, 0.25) is 5.16 Å². The number of tetrazole rings is 1. The van der Waals surface area contributed by atoms with Gasteiger partial charge in [-0.25, -0.2) is 13.4 Å². The van der Waals surface area contributed by atoms with Crippen LogP contribution in [0.2, 0.25) is 0 Å². The van der Waals surface area contributed by atoms with E-state index < -0.39 is 9.84 Å². The Morgan fingerprint density at radius 1 is 1.35 bits per heavy atom. The minimum absolute atomic E-state index is 0.300. The molecule has 3 aromatic rings. The molecule has 0 aliphatic rings. The van der Waals surface area contributed by atoms with Crippen molar-refractivity contribution in [1.82, 2.24) is 25.2 Å². The van der Waals surface area contributed by atoms with Gasteiger partial charge in [-0.15, -0.1) is 21.5 Å². The van der Waals surface area contributed by atoms with Crippen molar-refractivity contribution in [3.8, 4) is 0 Å². The summed E-state index contributed by atoms with van der Waals surface area (Å²) in [4.78, 5) is 6.36. The van der Waals surface area contributed by atoms with Crippen LogP contribution >= 0.6 is 23.1 Å². The summed E-state index contributed by atoms with van der Waals surface area (Å²) in [6, 6.07) is 4.95. The Morgan fingerprint density at radius 3 is 2.91 bits per heavy atom.